The van der Waals surface area contributed by atoms with Crippen LogP contribution in [0.5, 0.6) is 0 Å². The predicted octanol–water partition coefficient (Wildman–Crippen LogP) is 6.38. The Morgan fingerprint density at radius 1 is 0.652 bits per heavy atom. The van der Waals surface area contributed by atoms with Crippen molar-refractivity contribution in [1.29, 1.82) is 0 Å². The second kappa shape index (κ2) is 6.10. The van der Waals surface area contributed by atoms with Crippen LogP contribution in [0.3, 0.4) is 0 Å². The maximum atomic E-state index is 4.67. The van der Waals surface area contributed by atoms with E-state index in [1.165, 1.54) is 4.70 Å². The van der Waals surface area contributed by atoms with Crippen LogP contribution in [-0.2, 0) is 0 Å². The maximum Gasteiger partial charge on any atom is 0.124 e. The van der Waals surface area contributed by atoms with Crippen LogP contribution in [0.15, 0.2) is 89.1 Å². The lowest BCUT2D eigenvalue weighted by molar-refractivity contribution is 1.23. The van der Waals surface area contributed by atoms with E-state index in [0.717, 1.165) is 27.5 Å². The van der Waals surface area contributed by atoms with Crippen molar-refractivity contribution in [2.24, 2.45) is 10.2 Å². The Morgan fingerprint density at radius 3 is 2.04 bits per heavy atom. The van der Waals surface area contributed by atoms with E-state index in [1.54, 1.807) is 11.3 Å². The van der Waals surface area contributed by atoms with Gasteiger partial charge in [-0.2, -0.15) is 10.2 Å². The highest BCUT2D eigenvalue weighted by Gasteiger charge is 2.05. The zero-order chi connectivity index (χ0) is 15.5. The first kappa shape index (κ1) is 13.8. The molecule has 0 N–H and O–H groups in total. The number of azo groups is 1. The van der Waals surface area contributed by atoms with Crippen LogP contribution in [0.4, 0.5) is 11.4 Å². The van der Waals surface area contributed by atoms with Gasteiger partial charge in [0.05, 0.1) is 21.6 Å². The van der Waals surface area contributed by atoms with Crippen molar-refractivity contribution in [3.63, 3.8) is 0 Å². The van der Waals surface area contributed by atoms with Gasteiger partial charge in [0.1, 0.15) is 5.01 Å². The summed E-state index contributed by atoms with van der Waals surface area (Å²) in [6.07, 6.45) is 0. The minimum absolute atomic E-state index is 0.832. The molecule has 0 saturated heterocycles. The number of hydrogen-bond donors (Lipinski definition) is 0. The Kier molecular flexibility index (Phi) is 3.66. The second-order valence-corrected chi connectivity index (χ2v) is 6.10. The van der Waals surface area contributed by atoms with Gasteiger partial charge >= 0.3 is 0 Å². The molecule has 0 fully saturated rings. The maximum absolute atomic E-state index is 4.67. The standard InChI is InChI=1S/C19H13N3S/c1-2-6-15(7-3-1)21-22-16-12-10-14(11-13-16)19-20-17-8-4-5-9-18(17)23-19/h1-13H. The molecule has 0 aliphatic rings. The molecule has 4 aromatic rings. The van der Waals surface area contributed by atoms with Gasteiger partial charge in [-0.15, -0.1) is 11.3 Å². The molecule has 110 valence electrons. The molecule has 4 heteroatoms. The first-order chi connectivity index (χ1) is 11.4. The Hall–Kier alpha value is -2.85. The molecule has 1 heterocycles. The van der Waals surface area contributed by atoms with Gasteiger partial charge in [0.25, 0.3) is 0 Å². The molecule has 3 nitrogen and oxygen atoms in total. The van der Waals surface area contributed by atoms with E-state index in [-0.39, 0.29) is 0 Å². The summed E-state index contributed by atoms with van der Waals surface area (Å²) in [5.41, 5.74) is 3.83. The fourth-order valence-corrected chi connectivity index (χ4v) is 3.25. The normalized spacial score (nSPS) is 11.3. The summed E-state index contributed by atoms with van der Waals surface area (Å²) in [4.78, 5) is 4.67. The van der Waals surface area contributed by atoms with Gasteiger partial charge in [0.2, 0.25) is 0 Å². The summed E-state index contributed by atoms with van der Waals surface area (Å²) >= 11 is 1.70. The number of rotatable bonds is 3. The molecule has 0 radical (unpaired) electrons. The Bertz CT molecular complexity index is 924. The quantitative estimate of drug-likeness (QED) is 0.404. The third kappa shape index (κ3) is 3.03. The third-order valence-electron chi connectivity index (χ3n) is 3.45. The lowest BCUT2D eigenvalue weighted by atomic mass is 10.2. The monoisotopic (exact) mass is 315 g/mol. The molecular formula is C19H13N3S. The second-order valence-electron chi connectivity index (χ2n) is 5.07. The number of para-hydroxylation sites is 1. The van der Waals surface area contributed by atoms with Crippen LogP contribution in [0.1, 0.15) is 0 Å². The highest BCUT2D eigenvalue weighted by Crippen LogP contribution is 2.31. The van der Waals surface area contributed by atoms with Crippen molar-refractivity contribution in [3.8, 4) is 10.6 Å². The molecule has 0 unspecified atom stereocenters. The fourth-order valence-electron chi connectivity index (χ4n) is 2.28. The summed E-state index contributed by atoms with van der Waals surface area (Å²) in [5, 5.41) is 9.51. The average Bonchev–Trinajstić information content (AvgIpc) is 3.05. The van der Waals surface area contributed by atoms with E-state index in [4.69, 9.17) is 0 Å². The van der Waals surface area contributed by atoms with Crippen molar-refractivity contribution in [3.05, 3.63) is 78.9 Å². The summed E-state index contributed by atoms with van der Waals surface area (Å²) in [7, 11) is 0. The van der Waals surface area contributed by atoms with E-state index in [0.29, 0.717) is 0 Å². The van der Waals surface area contributed by atoms with Gasteiger partial charge in [-0.3, -0.25) is 0 Å². The molecule has 0 saturated carbocycles. The molecule has 0 aliphatic heterocycles. The van der Waals surface area contributed by atoms with Gasteiger partial charge in [0, 0.05) is 5.56 Å². The fraction of sp³-hybridized carbons (Fsp3) is 0. The van der Waals surface area contributed by atoms with E-state index >= 15 is 0 Å². The molecular weight excluding hydrogens is 302 g/mol. The summed E-state index contributed by atoms with van der Waals surface area (Å²) < 4.78 is 1.20. The first-order valence-corrected chi connectivity index (χ1v) is 8.13. The van der Waals surface area contributed by atoms with E-state index in [2.05, 4.69) is 21.3 Å². The molecule has 0 aliphatic carbocycles. The molecule has 3 aromatic carbocycles. The molecule has 1 aromatic heterocycles. The zero-order valence-electron chi connectivity index (χ0n) is 12.3. The van der Waals surface area contributed by atoms with E-state index < -0.39 is 0 Å². The number of nitrogens with zero attached hydrogens (tertiary/aromatic N) is 3. The van der Waals surface area contributed by atoms with Crippen LogP contribution < -0.4 is 0 Å². The van der Waals surface area contributed by atoms with Crippen molar-refractivity contribution in [2.45, 2.75) is 0 Å². The van der Waals surface area contributed by atoms with Crippen molar-refractivity contribution < 1.29 is 0 Å². The summed E-state index contributed by atoms with van der Waals surface area (Å²) in [6, 6.07) is 25.9. The lowest BCUT2D eigenvalue weighted by Gasteiger charge is -1.97. The topological polar surface area (TPSA) is 37.6 Å². The number of aromatic nitrogens is 1. The largest absolute Gasteiger partial charge is 0.236 e. The smallest absolute Gasteiger partial charge is 0.124 e. The van der Waals surface area contributed by atoms with Crippen LogP contribution in [-0.4, -0.2) is 4.98 Å². The van der Waals surface area contributed by atoms with Crippen LogP contribution in [0, 0.1) is 0 Å². The number of benzene rings is 3. The Morgan fingerprint density at radius 2 is 1.30 bits per heavy atom. The van der Waals surface area contributed by atoms with Crippen LogP contribution in [0.2, 0.25) is 0 Å². The number of hydrogen-bond acceptors (Lipinski definition) is 4. The molecule has 0 amide bonds. The highest BCUT2D eigenvalue weighted by molar-refractivity contribution is 7.21. The average molecular weight is 315 g/mol. The minimum atomic E-state index is 0.832. The molecule has 4 rings (SSSR count). The van der Waals surface area contributed by atoms with Gasteiger partial charge in [-0.05, 0) is 48.5 Å². The predicted molar refractivity (Wildman–Crippen MR) is 95.7 cm³/mol. The van der Waals surface area contributed by atoms with Gasteiger partial charge in [0.15, 0.2) is 0 Å². The van der Waals surface area contributed by atoms with Crippen LogP contribution >= 0.6 is 11.3 Å². The van der Waals surface area contributed by atoms with Crippen molar-refractivity contribution in [1.82, 2.24) is 4.98 Å². The molecule has 0 atom stereocenters. The van der Waals surface area contributed by atoms with Crippen molar-refractivity contribution in [2.75, 3.05) is 0 Å². The first-order valence-electron chi connectivity index (χ1n) is 7.31. The summed E-state index contributed by atoms with van der Waals surface area (Å²) in [5.74, 6) is 0. The Labute approximate surface area is 138 Å². The van der Waals surface area contributed by atoms with Crippen molar-refractivity contribution >= 4 is 32.9 Å². The third-order valence-corrected chi connectivity index (χ3v) is 4.53. The minimum Gasteiger partial charge on any atom is -0.236 e. The van der Waals surface area contributed by atoms with Crippen LogP contribution in [0.25, 0.3) is 20.8 Å². The molecule has 23 heavy (non-hydrogen) atoms. The zero-order valence-corrected chi connectivity index (χ0v) is 13.1. The van der Waals surface area contributed by atoms with Gasteiger partial charge < -0.3 is 0 Å². The van der Waals surface area contributed by atoms with Gasteiger partial charge in [-0.1, -0.05) is 30.3 Å². The highest BCUT2D eigenvalue weighted by atomic mass is 32.1. The Balaban J connectivity index is 1.59. The van der Waals surface area contributed by atoms with Gasteiger partial charge in [-0.25, -0.2) is 4.98 Å². The number of fused-ring (bicyclic) bond motifs is 1. The lowest BCUT2D eigenvalue weighted by Crippen LogP contribution is -1.74. The SMILES string of the molecule is c1ccc(N=Nc2ccc(-c3nc4ccccc4s3)cc2)cc1. The van der Waals surface area contributed by atoms with E-state index in [9.17, 15) is 0 Å². The summed E-state index contributed by atoms with van der Waals surface area (Å²) in [6.45, 7) is 0. The molecule has 0 bridgehead atoms. The van der Waals surface area contributed by atoms with E-state index in [1.807, 2.05) is 72.8 Å². The molecule has 0 spiro atoms. The number of thiazole rings is 1.